The molecular formula is C18H34O. The summed E-state index contributed by atoms with van der Waals surface area (Å²) in [6, 6.07) is 7.09. The summed E-state index contributed by atoms with van der Waals surface area (Å²) >= 11 is 0. The van der Waals surface area contributed by atoms with E-state index in [4.69, 9.17) is 5.11 Å². The quantitative estimate of drug-likeness (QED) is 0.581. The molecule has 0 atom stereocenters. The minimum Gasteiger partial charge on any atom is -0.508 e. The molecule has 1 saturated carbocycles. The maximum atomic E-state index is 8.76. The predicted molar refractivity (Wildman–Crippen MR) is 87.8 cm³/mol. The minimum absolute atomic E-state index is 0.329. The molecule has 0 bridgehead atoms. The third kappa shape index (κ3) is 13.3. The van der Waals surface area contributed by atoms with Gasteiger partial charge in [-0.2, -0.15) is 0 Å². The first-order valence-corrected chi connectivity index (χ1v) is 7.94. The van der Waals surface area contributed by atoms with Crippen molar-refractivity contribution < 1.29 is 5.11 Å². The lowest BCUT2D eigenvalue weighted by Gasteiger charge is -2.15. The molecule has 1 nitrogen and oxygen atoms in total. The van der Waals surface area contributed by atoms with Gasteiger partial charge in [0.15, 0.2) is 0 Å². The van der Waals surface area contributed by atoms with Crippen LogP contribution in [0.15, 0.2) is 24.3 Å². The first-order chi connectivity index (χ1) is 9.18. The van der Waals surface area contributed by atoms with Crippen LogP contribution in [0.4, 0.5) is 0 Å². The van der Waals surface area contributed by atoms with Gasteiger partial charge in [-0.05, 0) is 25.0 Å². The molecule has 0 aromatic heterocycles. The highest BCUT2D eigenvalue weighted by molar-refractivity contribution is 5.24. The Labute approximate surface area is 121 Å². The first-order valence-electron chi connectivity index (χ1n) is 7.94. The number of hydrogen-bond donors (Lipinski definition) is 1. The number of phenols is 1. The summed E-state index contributed by atoms with van der Waals surface area (Å²) in [4.78, 5) is 0. The van der Waals surface area contributed by atoms with Crippen molar-refractivity contribution in [2.45, 2.75) is 73.6 Å². The number of phenolic OH excluding ortho intramolecular Hbond substituents is 1. The van der Waals surface area contributed by atoms with Crippen LogP contribution in [-0.4, -0.2) is 5.11 Å². The Hall–Kier alpha value is -0.980. The summed E-state index contributed by atoms with van der Waals surface area (Å²) in [5.74, 6) is 1.37. The second-order valence-corrected chi connectivity index (χ2v) is 4.58. The van der Waals surface area contributed by atoms with E-state index in [2.05, 4.69) is 6.92 Å². The van der Waals surface area contributed by atoms with E-state index in [9.17, 15) is 0 Å². The number of aromatic hydroxyl groups is 1. The summed E-state index contributed by atoms with van der Waals surface area (Å²) in [5.41, 5.74) is 1.17. The summed E-state index contributed by atoms with van der Waals surface area (Å²) in [6.07, 6.45) is 7.44. The van der Waals surface area contributed by atoms with Gasteiger partial charge in [0.25, 0.3) is 0 Å². The van der Waals surface area contributed by atoms with Crippen LogP contribution in [0.5, 0.6) is 5.75 Å². The molecular weight excluding hydrogens is 232 g/mol. The number of aryl methyl sites for hydroxylation is 1. The van der Waals surface area contributed by atoms with Gasteiger partial charge < -0.3 is 5.11 Å². The molecule has 1 aliphatic carbocycles. The molecule has 0 aliphatic heterocycles. The van der Waals surface area contributed by atoms with E-state index >= 15 is 0 Å². The van der Waals surface area contributed by atoms with Gasteiger partial charge in [0, 0.05) is 0 Å². The third-order valence-electron chi connectivity index (χ3n) is 2.93. The van der Waals surface area contributed by atoms with Gasteiger partial charge in [0.05, 0.1) is 0 Å². The van der Waals surface area contributed by atoms with Crippen molar-refractivity contribution in [3.8, 4) is 5.75 Å². The van der Waals surface area contributed by atoms with Crippen molar-refractivity contribution in [1.82, 2.24) is 0 Å². The average molecular weight is 266 g/mol. The Bertz CT molecular complexity index is 237. The van der Waals surface area contributed by atoms with E-state index in [0.717, 1.165) is 5.92 Å². The minimum atomic E-state index is 0.329. The summed E-state index contributed by atoms with van der Waals surface area (Å²) in [7, 11) is 0. The van der Waals surface area contributed by atoms with Crippen LogP contribution in [0, 0.1) is 12.8 Å². The van der Waals surface area contributed by atoms with Crippen LogP contribution >= 0.6 is 0 Å². The fourth-order valence-electron chi connectivity index (χ4n) is 1.85. The molecule has 1 N–H and O–H groups in total. The van der Waals surface area contributed by atoms with Crippen LogP contribution in [0.2, 0.25) is 0 Å². The van der Waals surface area contributed by atoms with Crippen molar-refractivity contribution in [3.63, 3.8) is 0 Å². The van der Waals surface area contributed by atoms with Crippen molar-refractivity contribution in [2.75, 3.05) is 0 Å². The van der Waals surface area contributed by atoms with Crippen molar-refractivity contribution >= 4 is 0 Å². The number of hydrogen-bond acceptors (Lipinski definition) is 1. The normalized spacial score (nSPS) is 13.8. The Balaban J connectivity index is 0. The maximum absolute atomic E-state index is 8.76. The molecule has 0 radical (unpaired) electrons. The second kappa shape index (κ2) is 15.1. The molecule has 0 saturated heterocycles. The fourth-order valence-corrected chi connectivity index (χ4v) is 1.85. The smallest absolute Gasteiger partial charge is 0.115 e. The van der Waals surface area contributed by atoms with Crippen molar-refractivity contribution in [3.05, 3.63) is 29.8 Å². The first kappa shape index (κ1) is 20.3. The van der Waals surface area contributed by atoms with Gasteiger partial charge in [0.1, 0.15) is 5.75 Å². The highest BCUT2D eigenvalue weighted by Gasteiger charge is 2.05. The topological polar surface area (TPSA) is 20.2 Å². The maximum Gasteiger partial charge on any atom is 0.115 e. The predicted octanol–water partition coefficient (Wildman–Crippen LogP) is 6.34. The lowest BCUT2D eigenvalue weighted by Crippen LogP contribution is -1.99. The van der Waals surface area contributed by atoms with Gasteiger partial charge >= 0.3 is 0 Å². The lowest BCUT2D eigenvalue weighted by atomic mass is 9.91. The lowest BCUT2D eigenvalue weighted by molar-refractivity contribution is 0.385. The highest BCUT2D eigenvalue weighted by Crippen LogP contribution is 2.22. The molecule has 1 fully saturated rings. The van der Waals surface area contributed by atoms with Crippen molar-refractivity contribution in [2.24, 2.45) is 5.92 Å². The molecule has 112 valence electrons. The zero-order valence-electron chi connectivity index (χ0n) is 13.9. The average Bonchev–Trinajstić information content (AvgIpc) is 2.48. The molecule has 0 heterocycles. The van der Waals surface area contributed by atoms with E-state index in [1.807, 2.05) is 46.8 Å². The monoisotopic (exact) mass is 266 g/mol. The van der Waals surface area contributed by atoms with E-state index in [0.29, 0.717) is 5.75 Å². The van der Waals surface area contributed by atoms with Crippen LogP contribution < -0.4 is 0 Å². The SMILES string of the molecule is CC.CC.CC1CCCCC1.Cc1ccc(O)cc1. The molecule has 19 heavy (non-hydrogen) atoms. The molecule has 0 amide bonds. The van der Waals surface area contributed by atoms with Crippen LogP contribution in [0.1, 0.15) is 72.3 Å². The zero-order valence-corrected chi connectivity index (χ0v) is 13.9. The standard InChI is InChI=1S/C7H8O.C7H14.2C2H6/c1-6-2-4-7(8)5-3-6;1-7-5-3-2-4-6-7;2*1-2/h2-5,8H,1H3;7H,2-6H2,1H3;2*1-2H3. The van der Waals surface area contributed by atoms with Crippen LogP contribution in [0.25, 0.3) is 0 Å². The molecule has 1 aliphatic rings. The van der Waals surface area contributed by atoms with Gasteiger partial charge in [-0.3, -0.25) is 0 Å². The Morgan fingerprint density at radius 3 is 1.53 bits per heavy atom. The van der Waals surface area contributed by atoms with E-state index in [1.165, 1.54) is 37.7 Å². The molecule has 1 aromatic carbocycles. The molecule has 0 unspecified atom stereocenters. The van der Waals surface area contributed by atoms with Gasteiger partial charge in [-0.25, -0.2) is 0 Å². The van der Waals surface area contributed by atoms with E-state index < -0.39 is 0 Å². The highest BCUT2D eigenvalue weighted by atomic mass is 16.3. The third-order valence-corrected chi connectivity index (χ3v) is 2.93. The van der Waals surface area contributed by atoms with Gasteiger partial charge in [0.2, 0.25) is 0 Å². The number of benzene rings is 1. The molecule has 1 aromatic rings. The Kier molecular flexibility index (Phi) is 16.1. The summed E-state index contributed by atoms with van der Waals surface area (Å²) < 4.78 is 0. The van der Waals surface area contributed by atoms with Crippen LogP contribution in [0.3, 0.4) is 0 Å². The number of rotatable bonds is 0. The molecule has 1 heteroatoms. The van der Waals surface area contributed by atoms with Crippen molar-refractivity contribution in [1.29, 1.82) is 0 Å². The summed E-state index contributed by atoms with van der Waals surface area (Å²) in [6.45, 7) is 12.3. The molecule has 2 rings (SSSR count). The fraction of sp³-hybridized carbons (Fsp3) is 0.667. The Morgan fingerprint density at radius 1 is 0.842 bits per heavy atom. The van der Waals surface area contributed by atoms with Gasteiger partial charge in [-0.15, -0.1) is 0 Å². The van der Waals surface area contributed by atoms with Crippen LogP contribution in [-0.2, 0) is 0 Å². The largest absolute Gasteiger partial charge is 0.508 e. The van der Waals surface area contributed by atoms with Gasteiger partial charge in [-0.1, -0.05) is 84.4 Å². The Morgan fingerprint density at radius 2 is 1.26 bits per heavy atom. The molecule has 0 spiro atoms. The van der Waals surface area contributed by atoms with E-state index in [-0.39, 0.29) is 0 Å². The zero-order chi connectivity index (χ0) is 15.1. The van der Waals surface area contributed by atoms with E-state index in [1.54, 1.807) is 12.1 Å². The summed E-state index contributed by atoms with van der Waals surface area (Å²) in [5, 5.41) is 8.76. The second-order valence-electron chi connectivity index (χ2n) is 4.58.